The van der Waals surface area contributed by atoms with Gasteiger partial charge < -0.3 is 15.4 Å². The zero-order valence-electron chi connectivity index (χ0n) is 14.9. The van der Waals surface area contributed by atoms with E-state index in [0.717, 1.165) is 13.0 Å². The Bertz CT molecular complexity index is 535. The third-order valence-corrected chi connectivity index (χ3v) is 4.09. The highest BCUT2D eigenvalue weighted by Crippen LogP contribution is 2.25. The van der Waals surface area contributed by atoms with Gasteiger partial charge in [0.25, 0.3) is 0 Å². The summed E-state index contributed by atoms with van der Waals surface area (Å²) in [5.74, 6) is 0. The summed E-state index contributed by atoms with van der Waals surface area (Å²) in [6.07, 6.45) is 4.28. The number of hydrogen-bond donors (Lipinski definition) is 2. The van der Waals surface area contributed by atoms with E-state index in [9.17, 15) is 4.79 Å². The first-order chi connectivity index (χ1) is 10.8. The second-order valence-electron chi connectivity index (χ2n) is 7.34. The highest BCUT2D eigenvalue weighted by Gasteiger charge is 2.15. The molecule has 1 atom stereocenters. The molecule has 1 amide bonds. The first kappa shape index (κ1) is 17.8. The van der Waals surface area contributed by atoms with E-state index < -0.39 is 5.60 Å². The lowest BCUT2D eigenvalue weighted by Gasteiger charge is -2.20. The van der Waals surface area contributed by atoms with Gasteiger partial charge in [0.2, 0.25) is 0 Å². The summed E-state index contributed by atoms with van der Waals surface area (Å²) in [7, 11) is 0. The molecule has 4 heteroatoms. The lowest BCUT2D eigenvalue weighted by atomic mass is 10.0. The summed E-state index contributed by atoms with van der Waals surface area (Å²) in [6.45, 7) is 9.29. The van der Waals surface area contributed by atoms with E-state index in [1.54, 1.807) is 0 Å². The first-order valence-corrected chi connectivity index (χ1v) is 8.67. The zero-order valence-corrected chi connectivity index (χ0v) is 14.9. The molecule has 0 bridgehead atoms. The number of alkyl carbamates (subject to hydrolysis) is 1. The highest BCUT2D eigenvalue weighted by molar-refractivity contribution is 5.67. The molecule has 1 aliphatic rings. The van der Waals surface area contributed by atoms with Crippen molar-refractivity contribution in [2.24, 2.45) is 0 Å². The van der Waals surface area contributed by atoms with Crippen LogP contribution < -0.4 is 10.6 Å². The maximum Gasteiger partial charge on any atom is 0.407 e. The third-order valence-electron chi connectivity index (χ3n) is 4.09. The number of aryl methyl sites for hydroxylation is 2. The van der Waals surface area contributed by atoms with Crippen LogP contribution in [-0.2, 0) is 17.6 Å². The zero-order chi connectivity index (χ0) is 16.9. The minimum Gasteiger partial charge on any atom is -0.444 e. The molecule has 23 heavy (non-hydrogen) atoms. The second kappa shape index (κ2) is 7.82. The summed E-state index contributed by atoms with van der Waals surface area (Å²) in [4.78, 5) is 11.5. The van der Waals surface area contributed by atoms with E-state index in [-0.39, 0.29) is 6.09 Å². The van der Waals surface area contributed by atoms with E-state index in [2.05, 4.69) is 35.8 Å². The van der Waals surface area contributed by atoms with Gasteiger partial charge in [-0.2, -0.15) is 0 Å². The summed E-state index contributed by atoms with van der Waals surface area (Å²) in [5, 5.41) is 6.31. The van der Waals surface area contributed by atoms with Gasteiger partial charge in [-0.05, 0) is 76.6 Å². The van der Waals surface area contributed by atoms with Crippen LogP contribution in [0.25, 0.3) is 0 Å². The Morgan fingerprint density at radius 1 is 1.22 bits per heavy atom. The van der Waals surface area contributed by atoms with Crippen LogP contribution in [0.1, 0.15) is 63.3 Å². The van der Waals surface area contributed by atoms with Crippen molar-refractivity contribution < 1.29 is 9.53 Å². The van der Waals surface area contributed by atoms with Crippen LogP contribution in [-0.4, -0.2) is 24.8 Å². The number of rotatable bonds is 6. The molecular weight excluding hydrogens is 288 g/mol. The van der Waals surface area contributed by atoms with Crippen molar-refractivity contribution in [2.75, 3.05) is 13.1 Å². The number of hydrogen-bond acceptors (Lipinski definition) is 3. The molecule has 0 aliphatic heterocycles. The number of carbonyl (C=O) groups is 1. The molecule has 0 saturated heterocycles. The lowest BCUT2D eigenvalue weighted by Crippen LogP contribution is -2.34. The van der Waals surface area contributed by atoms with Crippen LogP contribution in [0.3, 0.4) is 0 Å². The Morgan fingerprint density at radius 2 is 1.96 bits per heavy atom. The summed E-state index contributed by atoms with van der Waals surface area (Å²) >= 11 is 0. The highest BCUT2D eigenvalue weighted by atomic mass is 16.6. The van der Waals surface area contributed by atoms with Crippen molar-refractivity contribution in [3.63, 3.8) is 0 Å². The van der Waals surface area contributed by atoms with Crippen molar-refractivity contribution in [1.29, 1.82) is 0 Å². The number of ether oxygens (including phenoxy) is 1. The molecule has 1 aromatic carbocycles. The SMILES string of the molecule is CC(NCCCNC(=O)OC(C)(C)C)c1ccc2c(c1)CCC2. The molecule has 0 fully saturated rings. The normalized spacial score (nSPS) is 15.1. The summed E-state index contributed by atoms with van der Waals surface area (Å²) < 4.78 is 5.21. The van der Waals surface area contributed by atoms with E-state index in [1.165, 1.54) is 36.0 Å². The quantitative estimate of drug-likeness (QED) is 0.786. The van der Waals surface area contributed by atoms with Crippen molar-refractivity contribution in [1.82, 2.24) is 10.6 Å². The molecule has 0 aromatic heterocycles. The largest absolute Gasteiger partial charge is 0.444 e. The maximum absolute atomic E-state index is 11.5. The van der Waals surface area contributed by atoms with Crippen molar-refractivity contribution in [3.05, 3.63) is 34.9 Å². The molecule has 2 rings (SSSR count). The molecule has 0 saturated carbocycles. The Kier molecular flexibility index (Phi) is 6.05. The van der Waals surface area contributed by atoms with Crippen molar-refractivity contribution in [3.8, 4) is 0 Å². The van der Waals surface area contributed by atoms with Gasteiger partial charge in [0.1, 0.15) is 5.60 Å². The average Bonchev–Trinajstić information content (AvgIpc) is 2.92. The van der Waals surface area contributed by atoms with Crippen LogP contribution in [0.5, 0.6) is 0 Å². The maximum atomic E-state index is 11.5. The lowest BCUT2D eigenvalue weighted by molar-refractivity contribution is 0.0527. The van der Waals surface area contributed by atoms with E-state index in [0.29, 0.717) is 12.6 Å². The first-order valence-electron chi connectivity index (χ1n) is 8.67. The predicted octanol–water partition coefficient (Wildman–Crippen LogP) is 3.74. The van der Waals surface area contributed by atoms with Gasteiger partial charge in [-0.1, -0.05) is 18.2 Å². The molecule has 1 aliphatic carbocycles. The smallest absolute Gasteiger partial charge is 0.407 e. The fourth-order valence-corrected chi connectivity index (χ4v) is 2.89. The monoisotopic (exact) mass is 318 g/mol. The average molecular weight is 318 g/mol. The Morgan fingerprint density at radius 3 is 2.70 bits per heavy atom. The van der Waals surface area contributed by atoms with Gasteiger partial charge in [-0.3, -0.25) is 0 Å². The Hall–Kier alpha value is -1.55. The van der Waals surface area contributed by atoms with Gasteiger partial charge >= 0.3 is 6.09 Å². The Labute approximate surface area is 140 Å². The van der Waals surface area contributed by atoms with Gasteiger partial charge in [-0.15, -0.1) is 0 Å². The Balaban J connectivity index is 1.65. The molecule has 1 unspecified atom stereocenters. The summed E-state index contributed by atoms with van der Waals surface area (Å²) in [6, 6.07) is 7.20. The van der Waals surface area contributed by atoms with Crippen LogP contribution in [0.15, 0.2) is 18.2 Å². The van der Waals surface area contributed by atoms with Gasteiger partial charge in [0.05, 0.1) is 0 Å². The van der Waals surface area contributed by atoms with E-state index >= 15 is 0 Å². The van der Waals surface area contributed by atoms with E-state index in [4.69, 9.17) is 4.74 Å². The van der Waals surface area contributed by atoms with Gasteiger partial charge in [0.15, 0.2) is 0 Å². The molecular formula is C19H30N2O2. The number of nitrogens with one attached hydrogen (secondary N) is 2. The van der Waals surface area contributed by atoms with Crippen LogP contribution >= 0.6 is 0 Å². The van der Waals surface area contributed by atoms with Crippen LogP contribution in [0, 0.1) is 0 Å². The van der Waals surface area contributed by atoms with Crippen molar-refractivity contribution >= 4 is 6.09 Å². The topological polar surface area (TPSA) is 50.4 Å². The van der Waals surface area contributed by atoms with Gasteiger partial charge in [0, 0.05) is 12.6 Å². The van der Waals surface area contributed by atoms with Crippen LogP contribution in [0.2, 0.25) is 0 Å². The fraction of sp³-hybridized carbons (Fsp3) is 0.632. The molecule has 1 aromatic rings. The fourth-order valence-electron chi connectivity index (χ4n) is 2.89. The number of benzene rings is 1. The molecule has 4 nitrogen and oxygen atoms in total. The predicted molar refractivity (Wildman–Crippen MR) is 93.7 cm³/mol. The number of amides is 1. The van der Waals surface area contributed by atoms with E-state index in [1.807, 2.05) is 20.8 Å². The molecule has 128 valence electrons. The molecule has 0 heterocycles. The second-order valence-corrected chi connectivity index (χ2v) is 7.34. The van der Waals surface area contributed by atoms with Gasteiger partial charge in [-0.25, -0.2) is 4.79 Å². The number of carbonyl (C=O) groups excluding carboxylic acids is 1. The minimum absolute atomic E-state index is 0.336. The molecule has 0 radical (unpaired) electrons. The molecule has 2 N–H and O–H groups in total. The third kappa shape index (κ3) is 5.87. The standard InChI is InChI=1S/C19H30N2O2/c1-14(16-10-9-15-7-5-8-17(15)13-16)20-11-6-12-21-18(22)23-19(2,3)4/h9-10,13-14,20H,5-8,11-12H2,1-4H3,(H,21,22). The number of fused-ring (bicyclic) bond motifs is 1. The summed E-state index contributed by atoms with van der Waals surface area (Å²) in [5.41, 5.74) is 3.95. The minimum atomic E-state index is -0.440. The van der Waals surface area contributed by atoms with Crippen LogP contribution in [0.4, 0.5) is 4.79 Å². The molecule has 0 spiro atoms. The van der Waals surface area contributed by atoms with Crippen molar-refractivity contribution in [2.45, 2.75) is 65.0 Å².